The maximum absolute atomic E-state index is 13.5. The normalized spacial score (nSPS) is 14.7. The fourth-order valence-corrected chi connectivity index (χ4v) is 6.84. The molecule has 216 valence electrons. The van der Waals surface area contributed by atoms with Crippen LogP contribution in [0.1, 0.15) is 34.8 Å². The third-order valence-corrected chi connectivity index (χ3v) is 9.80. The predicted molar refractivity (Wildman–Crippen MR) is 159 cm³/mol. The number of hydrogen-bond donors (Lipinski definition) is 2. The first-order valence-corrected chi connectivity index (χ1v) is 15.5. The number of amides is 1. The van der Waals surface area contributed by atoms with E-state index in [0.29, 0.717) is 38.9 Å². The maximum atomic E-state index is 13.5. The zero-order valence-electron chi connectivity index (χ0n) is 23.2. The van der Waals surface area contributed by atoms with E-state index in [0.717, 1.165) is 16.8 Å². The minimum atomic E-state index is -3.91. The molecule has 1 unspecified atom stereocenters. The largest absolute Gasteiger partial charge is 0.337 e. The molecule has 0 saturated heterocycles. The second kappa shape index (κ2) is 10.4. The average Bonchev–Trinajstić information content (AvgIpc) is 3.65. The maximum Gasteiger partial charge on any atom is 0.265 e. The van der Waals surface area contributed by atoms with E-state index in [1.54, 1.807) is 23.1 Å². The number of carbonyl (C=O) groups is 1. The molecule has 1 aliphatic heterocycles. The van der Waals surface area contributed by atoms with E-state index in [1.807, 2.05) is 32.0 Å². The van der Waals surface area contributed by atoms with E-state index in [-0.39, 0.29) is 28.7 Å². The van der Waals surface area contributed by atoms with E-state index in [4.69, 9.17) is 9.51 Å². The van der Waals surface area contributed by atoms with Gasteiger partial charge in [0.25, 0.3) is 15.6 Å². The molecule has 5 aromatic rings. The molecular formula is C28H27N7O5S2. The Morgan fingerprint density at radius 2 is 1.86 bits per heavy atom. The van der Waals surface area contributed by atoms with Gasteiger partial charge in [0, 0.05) is 23.4 Å². The van der Waals surface area contributed by atoms with Crippen molar-refractivity contribution in [3.05, 3.63) is 81.4 Å². The highest BCUT2D eigenvalue weighted by atomic mass is 32.2. The van der Waals surface area contributed by atoms with Crippen LogP contribution in [-0.4, -0.2) is 44.6 Å². The van der Waals surface area contributed by atoms with Crippen LogP contribution in [0.5, 0.6) is 0 Å². The summed E-state index contributed by atoms with van der Waals surface area (Å²) < 4.78 is 36.2. The van der Waals surface area contributed by atoms with Crippen molar-refractivity contribution in [1.29, 1.82) is 0 Å². The SMILES string of the molecule is Cc1ccc(-n2ncc3c(=O)n4c(nc32)SCC4CC(=O)Nc2ccc(S(=O)(=O)Nc3onc(C)c3C)cc2)cc1C. The highest BCUT2D eigenvalue weighted by Gasteiger charge is 2.30. The number of carbonyl (C=O) groups excluding carboxylic acids is 1. The Balaban J connectivity index is 1.17. The summed E-state index contributed by atoms with van der Waals surface area (Å²) in [6.07, 6.45) is 1.56. The molecule has 3 aromatic heterocycles. The van der Waals surface area contributed by atoms with Gasteiger partial charge in [-0.1, -0.05) is 23.0 Å². The summed E-state index contributed by atoms with van der Waals surface area (Å²) in [6, 6.07) is 11.3. The lowest BCUT2D eigenvalue weighted by atomic mass is 10.1. The molecule has 1 amide bonds. The van der Waals surface area contributed by atoms with E-state index in [1.165, 1.54) is 42.2 Å². The fraction of sp³-hybridized carbons (Fsp3) is 0.250. The lowest BCUT2D eigenvalue weighted by Gasteiger charge is -2.14. The van der Waals surface area contributed by atoms with Crippen molar-refractivity contribution in [2.45, 2.75) is 50.2 Å². The van der Waals surface area contributed by atoms with Gasteiger partial charge in [0.2, 0.25) is 11.8 Å². The molecule has 1 atom stereocenters. The molecule has 2 N–H and O–H groups in total. The minimum Gasteiger partial charge on any atom is -0.337 e. The number of sulfonamides is 1. The van der Waals surface area contributed by atoms with Crippen LogP contribution < -0.4 is 15.6 Å². The van der Waals surface area contributed by atoms with Gasteiger partial charge < -0.3 is 9.84 Å². The first kappa shape index (κ1) is 27.7. The minimum absolute atomic E-state index is 0.00180. The van der Waals surface area contributed by atoms with Crippen LogP contribution in [0.15, 0.2) is 68.0 Å². The molecule has 0 bridgehead atoms. The smallest absolute Gasteiger partial charge is 0.265 e. The van der Waals surface area contributed by atoms with Gasteiger partial charge in [-0.05, 0) is 75.2 Å². The number of nitrogens with one attached hydrogen (secondary N) is 2. The van der Waals surface area contributed by atoms with E-state index >= 15 is 0 Å². The van der Waals surface area contributed by atoms with Gasteiger partial charge in [-0.25, -0.2) is 22.8 Å². The first-order valence-electron chi connectivity index (χ1n) is 13.1. The molecule has 4 heterocycles. The molecule has 1 aliphatic rings. The summed E-state index contributed by atoms with van der Waals surface area (Å²) in [6.45, 7) is 7.47. The molecular weight excluding hydrogens is 578 g/mol. The van der Waals surface area contributed by atoms with Crippen LogP contribution >= 0.6 is 11.8 Å². The number of anilines is 2. The van der Waals surface area contributed by atoms with E-state index in [2.05, 4.69) is 20.3 Å². The van der Waals surface area contributed by atoms with E-state index < -0.39 is 16.1 Å². The quantitative estimate of drug-likeness (QED) is 0.259. The molecule has 6 rings (SSSR count). The first-order chi connectivity index (χ1) is 20.0. The number of aryl methyl sites for hydroxylation is 3. The predicted octanol–water partition coefficient (Wildman–Crippen LogP) is 4.28. The number of fused-ring (bicyclic) bond motifs is 2. The molecule has 0 spiro atoms. The Kier molecular flexibility index (Phi) is 6.89. The summed E-state index contributed by atoms with van der Waals surface area (Å²) in [5.74, 6) is 0.259. The zero-order chi connectivity index (χ0) is 29.8. The Bertz CT molecular complexity index is 2030. The average molecular weight is 606 g/mol. The summed E-state index contributed by atoms with van der Waals surface area (Å²) in [7, 11) is -3.91. The number of rotatable bonds is 7. The third-order valence-electron chi connectivity index (χ3n) is 7.36. The molecule has 0 fully saturated rings. The van der Waals surface area contributed by atoms with Gasteiger partial charge in [-0.15, -0.1) is 0 Å². The second-order valence-electron chi connectivity index (χ2n) is 10.2. The monoisotopic (exact) mass is 605 g/mol. The van der Waals surface area contributed by atoms with Gasteiger partial charge >= 0.3 is 0 Å². The summed E-state index contributed by atoms with van der Waals surface area (Å²) in [5.41, 5.74) is 4.93. The Labute approximate surface area is 245 Å². The third kappa shape index (κ3) is 4.96. The van der Waals surface area contributed by atoms with Gasteiger partial charge in [-0.3, -0.25) is 14.2 Å². The standard InChI is InChI=1S/C28H27N7O5S2/c1-15-5-8-20(11-16(15)2)35-25-23(13-29-35)27(37)34-21(14-41-28(34)31-25)12-24(36)30-19-6-9-22(10-7-19)42(38,39)33-26-17(3)18(4)32-40-26/h5-11,13,21,33H,12,14H2,1-4H3,(H,30,36). The van der Waals surface area contributed by atoms with Crippen LogP contribution in [-0.2, 0) is 14.8 Å². The molecule has 12 nitrogen and oxygen atoms in total. The number of hydrogen-bond acceptors (Lipinski definition) is 9. The number of thioether (sulfide) groups is 1. The topological polar surface area (TPSA) is 154 Å². The number of nitrogens with zero attached hydrogens (tertiary/aromatic N) is 5. The Morgan fingerprint density at radius 3 is 2.55 bits per heavy atom. The Hall–Kier alpha value is -4.43. The highest BCUT2D eigenvalue weighted by molar-refractivity contribution is 7.99. The van der Waals surface area contributed by atoms with Crippen LogP contribution in [0.4, 0.5) is 11.6 Å². The van der Waals surface area contributed by atoms with E-state index in [9.17, 15) is 18.0 Å². The fourth-order valence-electron chi connectivity index (χ4n) is 4.66. The van der Waals surface area contributed by atoms with Gasteiger partial charge in [0.15, 0.2) is 10.8 Å². The summed E-state index contributed by atoms with van der Waals surface area (Å²) in [4.78, 5) is 31.1. The molecule has 0 aliphatic carbocycles. The number of aromatic nitrogens is 5. The van der Waals surface area contributed by atoms with Gasteiger partial charge in [-0.2, -0.15) is 5.10 Å². The van der Waals surface area contributed by atoms with Crippen LogP contribution in [0.2, 0.25) is 0 Å². The van der Waals surface area contributed by atoms with Crippen molar-refractivity contribution < 1.29 is 17.7 Å². The van der Waals surface area contributed by atoms with Gasteiger partial charge in [0.1, 0.15) is 5.39 Å². The lowest BCUT2D eigenvalue weighted by molar-refractivity contribution is -0.116. The van der Waals surface area contributed by atoms with Crippen molar-refractivity contribution in [3.8, 4) is 5.69 Å². The number of benzene rings is 2. The molecule has 2 aromatic carbocycles. The summed E-state index contributed by atoms with van der Waals surface area (Å²) in [5, 5.41) is 11.9. The van der Waals surface area contributed by atoms with Gasteiger partial charge in [0.05, 0.1) is 28.5 Å². The Morgan fingerprint density at radius 1 is 1.10 bits per heavy atom. The molecule has 0 radical (unpaired) electrons. The van der Waals surface area contributed by atoms with Crippen molar-refractivity contribution in [2.24, 2.45) is 0 Å². The van der Waals surface area contributed by atoms with Crippen molar-refractivity contribution in [3.63, 3.8) is 0 Å². The lowest BCUT2D eigenvalue weighted by Crippen LogP contribution is -2.27. The second-order valence-corrected chi connectivity index (χ2v) is 12.9. The zero-order valence-corrected chi connectivity index (χ0v) is 24.8. The van der Waals surface area contributed by atoms with Crippen LogP contribution in [0.25, 0.3) is 16.7 Å². The molecule has 14 heteroatoms. The van der Waals surface area contributed by atoms with Crippen LogP contribution in [0.3, 0.4) is 0 Å². The summed E-state index contributed by atoms with van der Waals surface area (Å²) >= 11 is 1.42. The van der Waals surface area contributed by atoms with Crippen molar-refractivity contribution in [1.82, 2.24) is 24.5 Å². The molecule has 0 saturated carbocycles. The highest BCUT2D eigenvalue weighted by Crippen LogP contribution is 2.34. The van der Waals surface area contributed by atoms with Crippen LogP contribution in [0, 0.1) is 27.7 Å². The van der Waals surface area contributed by atoms with Crippen molar-refractivity contribution in [2.75, 3.05) is 15.8 Å². The molecule has 42 heavy (non-hydrogen) atoms. The van der Waals surface area contributed by atoms with Crippen molar-refractivity contribution >= 4 is 50.3 Å².